The molecule has 104 valence electrons. The molecule has 0 saturated carbocycles. The molecule has 0 bridgehead atoms. The van der Waals surface area contributed by atoms with Crippen LogP contribution in [-0.2, 0) is 0 Å². The number of nitrogens with zero attached hydrogens (tertiary/aromatic N) is 4. The second-order valence-corrected chi connectivity index (χ2v) is 4.90. The molecule has 7 heteroatoms. The first-order valence-electron chi connectivity index (χ1n) is 6.40. The van der Waals surface area contributed by atoms with E-state index in [1.807, 2.05) is 4.90 Å². The number of amides is 1. The van der Waals surface area contributed by atoms with Gasteiger partial charge in [-0.2, -0.15) is 0 Å². The van der Waals surface area contributed by atoms with E-state index in [0.717, 1.165) is 26.1 Å². The lowest BCUT2D eigenvalue weighted by molar-refractivity contribution is 0.0690. The van der Waals surface area contributed by atoms with Gasteiger partial charge < -0.3 is 15.2 Å². The summed E-state index contributed by atoms with van der Waals surface area (Å²) in [4.78, 5) is 24.7. The molecular formula is C12H20N6O. The van der Waals surface area contributed by atoms with E-state index in [0.29, 0.717) is 11.5 Å². The van der Waals surface area contributed by atoms with Crippen LogP contribution in [0.1, 0.15) is 23.8 Å². The smallest absolute Gasteiger partial charge is 0.274 e. The summed E-state index contributed by atoms with van der Waals surface area (Å²) in [7, 11) is 2.07. The van der Waals surface area contributed by atoms with Crippen LogP contribution >= 0.6 is 0 Å². The molecule has 7 nitrogen and oxygen atoms in total. The van der Waals surface area contributed by atoms with Crippen LogP contribution in [0.3, 0.4) is 0 Å². The van der Waals surface area contributed by atoms with Crippen molar-refractivity contribution in [2.24, 2.45) is 5.84 Å². The molecule has 0 aromatic carbocycles. The van der Waals surface area contributed by atoms with Crippen LogP contribution in [0.2, 0.25) is 0 Å². The predicted octanol–water partition coefficient (Wildman–Crippen LogP) is -0.0716. The number of hydrogen-bond donors (Lipinski definition) is 2. The van der Waals surface area contributed by atoms with Crippen molar-refractivity contribution in [3.63, 3.8) is 0 Å². The molecule has 0 spiro atoms. The average Bonchev–Trinajstić information content (AvgIpc) is 2.58. The van der Waals surface area contributed by atoms with Gasteiger partial charge >= 0.3 is 0 Å². The van der Waals surface area contributed by atoms with Crippen molar-refractivity contribution in [3.05, 3.63) is 18.1 Å². The van der Waals surface area contributed by atoms with Crippen LogP contribution in [0.15, 0.2) is 12.4 Å². The molecule has 1 atom stereocenters. The fourth-order valence-electron chi connectivity index (χ4n) is 2.36. The van der Waals surface area contributed by atoms with Crippen LogP contribution in [0.25, 0.3) is 0 Å². The number of carbonyl (C=O) groups excluding carboxylic acids is 1. The van der Waals surface area contributed by atoms with Crippen LogP contribution in [0.4, 0.5) is 5.82 Å². The van der Waals surface area contributed by atoms with Crippen molar-refractivity contribution in [1.29, 1.82) is 0 Å². The summed E-state index contributed by atoms with van der Waals surface area (Å²) in [6, 6.07) is 0.163. The third kappa shape index (κ3) is 3.18. The Morgan fingerprint density at radius 2 is 2.26 bits per heavy atom. The van der Waals surface area contributed by atoms with Gasteiger partial charge in [0.05, 0.1) is 12.4 Å². The number of anilines is 1. The number of nitrogens with one attached hydrogen (secondary N) is 1. The molecule has 3 N–H and O–H groups in total. The number of aromatic nitrogens is 2. The third-order valence-electron chi connectivity index (χ3n) is 3.31. The SMILES string of the molecule is CC1CN(C)CCCN1C(=O)c1cncc(NN)n1. The van der Waals surface area contributed by atoms with Gasteiger partial charge in [0.15, 0.2) is 5.82 Å². The molecule has 19 heavy (non-hydrogen) atoms. The van der Waals surface area contributed by atoms with E-state index in [9.17, 15) is 4.79 Å². The first kappa shape index (κ1) is 13.7. The van der Waals surface area contributed by atoms with Crippen LogP contribution in [-0.4, -0.2) is 58.4 Å². The molecule has 1 unspecified atom stereocenters. The minimum absolute atomic E-state index is 0.0904. The standard InChI is InChI=1S/C12H20N6O/c1-9-8-17(2)4-3-5-18(9)12(19)10-6-14-7-11(15-10)16-13/h6-7,9H,3-5,8,13H2,1-2H3,(H,15,16). The summed E-state index contributed by atoms with van der Waals surface area (Å²) >= 11 is 0. The highest BCUT2D eigenvalue weighted by molar-refractivity contribution is 5.92. The van der Waals surface area contributed by atoms with Crippen molar-refractivity contribution in [2.75, 3.05) is 32.1 Å². The number of nitrogens with two attached hydrogens (primary N) is 1. The van der Waals surface area contributed by atoms with Crippen LogP contribution in [0, 0.1) is 0 Å². The van der Waals surface area contributed by atoms with Gasteiger partial charge in [0.25, 0.3) is 5.91 Å². The summed E-state index contributed by atoms with van der Waals surface area (Å²) in [5, 5.41) is 0. The first-order valence-corrected chi connectivity index (χ1v) is 6.40. The maximum atomic E-state index is 12.5. The highest BCUT2D eigenvalue weighted by atomic mass is 16.2. The van der Waals surface area contributed by atoms with Gasteiger partial charge in [-0.05, 0) is 26.9 Å². The number of carbonyl (C=O) groups is 1. The lowest BCUT2D eigenvalue weighted by Crippen LogP contribution is -2.42. The first-order chi connectivity index (χ1) is 9.11. The topological polar surface area (TPSA) is 87.4 Å². The molecular weight excluding hydrogens is 244 g/mol. The quantitative estimate of drug-likeness (QED) is 0.574. The summed E-state index contributed by atoms with van der Waals surface area (Å²) in [6.45, 7) is 4.67. The van der Waals surface area contributed by atoms with Gasteiger partial charge in [-0.3, -0.25) is 9.78 Å². The van der Waals surface area contributed by atoms with E-state index in [1.165, 1.54) is 12.4 Å². The molecule has 2 heterocycles. The fourth-order valence-corrected chi connectivity index (χ4v) is 2.36. The summed E-state index contributed by atoms with van der Waals surface area (Å²) in [5.41, 5.74) is 2.73. The zero-order chi connectivity index (χ0) is 13.8. The Balaban J connectivity index is 2.17. The van der Waals surface area contributed by atoms with E-state index in [1.54, 1.807) is 0 Å². The average molecular weight is 264 g/mol. The summed E-state index contributed by atoms with van der Waals surface area (Å²) in [6.07, 6.45) is 3.93. The van der Waals surface area contributed by atoms with Crippen molar-refractivity contribution < 1.29 is 4.79 Å². The Kier molecular flexibility index (Phi) is 4.28. The molecule has 0 radical (unpaired) electrons. The van der Waals surface area contributed by atoms with Gasteiger partial charge in [0.2, 0.25) is 0 Å². The lowest BCUT2D eigenvalue weighted by Gasteiger charge is -2.27. The maximum absolute atomic E-state index is 12.5. The number of rotatable bonds is 2. The molecule has 1 aliphatic rings. The van der Waals surface area contributed by atoms with E-state index in [2.05, 4.69) is 34.3 Å². The highest BCUT2D eigenvalue weighted by Crippen LogP contribution is 2.12. The third-order valence-corrected chi connectivity index (χ3v) is 3.31. The normalized spacial score (nSPS) is 21.0. The van der Waals surface area contributed by atoms with Gasteiger partial charge in [-0.25, -0.2) is 10.8 Å². The van der Waals surface area contributed by atoms with E-state index >= 15 is 0 Å². The lowest BCUT2D eigenvalue weighted by atomic mass is 10.2. The van der Waals surface area contributed by atoms with Gasteiger partial charge in [0.1, 0.15) is 5.69 Å². The Morgan fingerprint density at radius 3 is 3.00 bits per heavy atom. The fraction of sp³-hybridized carbons (Fsp3) is 0.583. The van der Waals surface area contributed by atoms with Crippen molar-refractivity contribution in [3.8, 4) is 0 Å². The Bertz CT molecular complexity index is 452. The van der Waals surface area contributed by atoms with Crippen molar-refractivity contribution in [2.45, 2.75) is 19.4 Å². The number of hydrazine groups is 1. The van der Waals surface area contributed by atoms with Gasteiger partial charge in [-0.15, -0.1) is 0 Å². The van der Waals surface area contributed by atoms with Crippen LogP contribution in [0.5, 0.6) is 0 Å². The maximum Gasteiger partial charge on any atom is 0.274 e. The highest BCUT2D eigenvalue weighted by Gasteiger charge is 2.25. The van der Waals surface area contributed by atoms with E-state index in [-0.39, 0.29) is 11.9 Å². The summed E-state index contributed by atoms with van der Waals surface area (Å²) in [5.74, 6) is 5.59. The predicted molar refractivity (Wildman–Crippen MR) is 72.5 cm³/mol. The summed E-state index contributed by atoms with van der Waals surface area (Å²) < 4.78 is 0. The van der Waals surface area contributed by atoms with Gasteiger partial charge in [0, 0.05) is 19.1 Å². The molecule has 1 amide bonds. The van der Waals surface area contributed by atoms with Crippen molar-refractivity contribution >= 4 is 11.7 Å². The molecule has 1 fully saturated rings. The number of hydrogen-bond acceptors (Lipinski definition) is 6. The second kappa shape index (κ2) is 5.94. The van der Waals surface area contributed by atoms with Crippen molar-refractivity contribution in [1.82, 2.24) is 19.8 Å². The minimum Gasteiger partial charge on any atom is -0.333 e. The largest absolute Gasteiger partial charge is 0.333 e. The number of likely N-dealkylation sites (N-methyl/N-ethyl adjacent to an activating group) is 1. The molecule has 1 aromatic heterocycles. The Hall–Kier alpha value is -1.73. The minimum atomic E-state index is -0.0904. The Morgan fingerprint density at radius 1 is 1.47 bits per heavy atom. The molecule has 1 saturated heterocycles. The Labute approximate surface area is 112 Å². The zero-order valence-corrected chi connectivity index (χ0v) is 11.3. The molecule has 0 aliphatic carbocycles. The monoisotopic (exact) mass is 264 g/mol. The van der Waals surface area contributed by atoms with Gasteiger partial charge in [-0.1, -0.05) is 0 Å². The number of nitrogen functional groups attached to an aromatic ring is 1. The van der Waals surface area contributed by atoms with Crippen LogP contribution < -0.4 is 11.3 Å². The molecule has 2 rings (SSSR count). The molecule has 1 aromatic rings. The zero-order valence-electron chi connectivity index (χ0n) is 11.3. The second-order valence-electron chi connectivity index (χ2n) is 4.90. The molecule has 1 aliphatic heterocycles. The van der Waals surface area contributed by atoms with E-state index in [4.69, 9.17) is 5.84 Å². The van der Waals surface area contributed by atoms with E-state index < -0.39 is 0 Å².